The van der Waals surface area contributed by atoms with Gasteiger partial charge in [-0.1, -0.05) is 42.5 Å². The first-order valence-corrected chi connectivity index (χ1v) is 14.5. The van der Waals surface area contributed by atoms with Gasteiger partial charge in [0, 0.05) is 61.1 Å². The van der Waals surface area contributed by atoms with E-state index in [4.69, 9.17) is 4.18 Å². The van der Waals surface area contributed by atoms with Gasteiger partial charge in [0.25, 0.3) is 5.56 Å². The minimum Gasteiger partial charge on any atom is -0.379 e. The smallest absolute Gasteiger partial charge is 0.339 e. The summed E-state index contributed by atoms with van der Waals surface area (Å²) in [7, 11) is -4.10. The molecule has 1 saturated heterocycles. The zero-order chi connectivity index (χ0) is 28.4. The zero-order valence-electron chi connectivity index (χ0n) is 22.0. The van der Waals surface area contributed by atoms with E-state index in [-0.39, 0.29) is 17.2 Å². The lowest BCUT2D eigenvalue weighted by Gasteiger charge is -2.38. The summed E-state index contributed by atoms with van der Waals surface area (Å²) in [6.45, 7) is 2.98. The standard InChI is InChI=1S/C30H27N5O5S/c36-28-19-29(34-17-15-33(16-18-34)24-6-2-1-3-7-24)35(30(37)32-28)21-22-9-11-25(12-10-22)40-41(38,39)27-8-4-5-23-20-31-14-13-26(23)27/h1-14,19-20H,15-18,21H2,(H,32,36,37). The number of nitrogens with one attached hydrogen (secondary N) is 1. The molecular weight excluding hydrogens is 542 g/mol. The summed E-state index contributed by atoms with van der Waals surface area (Å²) in [6, 6.07) is 24.6. The number of H-pyrrole nitrogens is 1. The molecule has 208 valence electrons. The number of fused-ring (bicyclic) bond motifs is 1. The fourth-order valence-electron chi connectivity index (χ4n) is 5.07. The molecule has 1 N–H and O–H groups in total. The van der Waals surface area contributed by atoms with Crippen LogP contribution in [0.5, 0.6) is 5.75 Å². The molecule has 5 aromatic rings. The van der Waals surface area contributed by atoms with Crippen molar-refractivity contribution in [2.24, 2.45) is 0 Å². The van der Waals surface area contributed by atoms with Crippen molar-refractivity contribution in [3.63, 3.8) is 0 Å². The molecule has 0 unspecified atom stereocenters. The van der Waals surface area contributed by atoms with Crippen molar-refractivity contribution < 1.29 is 12.6 Å². The van der Waals surface area contributed by atoms with Gasteiger partial charge in [0.15, 0.2) is 0 Å². The molecule has 1 fully saturated rings. The van der Waals surface area contributed by atoms with Crippen LogP contribution in [0.2, 0.25) is 0 Å². The minimum atomic E-state index is -4.10. The molecule has 41 heavy (non-hydrogen) atoms. The van der Waals surface area contributed by atoms with Crippen LogP contribution in [0, 0.1) is 0 Å². The molecule has 1 aliphatic rings. The normalized spacial score (nSPS) is 13.9. The molecule has 0 spiro atoms. The highest BCUT2D eigenvalue weighted by molar-refractivity contribution is 7.87. The molecule has 0 saturated carbocycles. The molecule has 0 aliphatic carbocycles. The van der Waals surface area contributed by atoms with Crippen LogP contribution in [0.15, 0.2) is 112 Å². The fourth-order valence-corrected chi connectivity index (χ4v) is 6.23. The van der Waals surface area contributed by atoms with Crippen LogP contribution in [-0.4, -0.2) is 49.1 Å². The highest BCUT2D eigenvalue weighted by atomic mass is 32.2. The van der Waals surface area contributed by atoms with E-state index >= 15 is 0 Å². The lowest BCUT2D eigenvalue weighted by Crippen LogP contribution is -2.49. The Kier molecular flexibility index (Phi) is 7.02. The number of nitrogens with zero attached hydrogens (tertiary/aromatic N) is 4. The number of benzene rings is 3. The van der Waals surface area contributed by atoms with Gasteiger partial charge in [-0.15, -0.1) is 0 Å². The average molecular weight is 570 g/mol. The molecule has 3 heterocycles. The predicted molar refractivity (Wildman–Crippen MR) is 157 cm³/mol. The minimum absolute atomic E-state index is 0.0540. The second kappa shape index (κ2) is 10.9. The van der Waals surface area contributed by atoms with Crippen molar-refractivity contribution in [2.45, 2.75) is 11.4 Å². The first-order chi connectivity index (χ1) is 19.9. The molecule has 3 aromatic carbocycles. The number of piperazine rings is 1. The molecule has 0 bridgehead atoms. The van der Waals surface area contributed by atoms with Crippen LogP contribution in [-0.2, 0) is 16.7 Å². The van der Waals surface area contributed by atoms with E-state index in [1.165, 1.54) is 22.9 Å². The van der Waals surface area contributed by atoms with E-state index in [0.29, 0.717) is 29.7 Å². The van der Waals surface area contributed by atoms with Gasteiger partial charge in [0.1, 0.15) is 16.5 Å². The molecule has 0 atom stereocenters. The number of anilines is 2. The van der Waals surface area contributed by atoms with E-state index in [1.54, 1.807) is 48.7 Å². The molecule has 0 radical (unpaired) electrons. The van der Waals surface area contributed by atoms with Crippen molar-refractivity contribution in [1.29, 1.82) is 0 Å². The van der Waals surface area contributed by atoms with E-state index in [2.05, 4.69) is 27.0 Å². The van der Waals surface area contributed by atoms with Gasteiger partial charge in [0.2, 0.25) is 0 Å². The number of para-hydroxylation sites is 1. The zero-order valence-corrected chi connectivity index (χ0v) is 22.8. The highest BCUT2D eigenvalue weighted by Gasteiger charge is 2.22. The SMILES string of the molecule is O=c1cc(N2CCN(c3ccccc3)CC2)n(Cc2ccc(OS(=O)(=O)c3cccc4cnccc34)cc2)c(=O)[nH]1. The Bertz CT molecular complexity index is 1910. The van der Waals surface area contributed by atoms with Gasteiger partial charge in [-0.05, 0) is 42.0 Å². The van der Waals surface area contributed by atoms with Crippen LogP contribution < -0.4 is 25.2 Å². The van der Waals surface area contributed by atoms with E-state index < -0.39 is 21.4 Å². The molecule has 6 rings (SSSR count). The van der Waals surface area contributed by atoms with Crippen molar-refractivity contribution >= 4 is 32.4 Å². The Balaban J connectivity index is 1.20. The van der Waals surface area contributed by atoms with Crippen LogP contribution in [0.25, 0.3) is 10.8 Å². The van der Waals surface area contributed by atoms with Crippen LogP contribution in [0.1, 0.15) is 5.56 Å². The summed E-state index contributed by atoms with van der Waals surface area (Å²) >= 11 is 0. The van der Waals surface area contributed by atoms with Gasteiger partial charge in [-0.25, -0.2) is 4.79 Å². The second-order valence-corrected chi connectivity index (χ2v) is 11.2. The Hall–Kier alpha value is -4.90. The van der Waals surface area contributed by atoms with Crippen LogP contribution in [0.3, 0.4) is 0 Å². The molecule has 11 heteroatoms. The number of hydrogen-bond acceptors (Lipinski definition) is 8. The van der Waals surface area contributed by atoms with Gasteiger partial charge in [-0.2, -0.15) is 8.42 Å². The maximum Gasteiger partial charge on any atom is 0.339 e. The molecule has 1 aliphatic heterocycles. The van der Waals surface area contributed by atoms with Crippen LogP contribution >= 0.6 is 0 Å². The first kappa shape index (κ1) is 26.3. The second-order valence-electron chi connectivity index (χ2n) is 9.73. The summed E-state index contributed by atoms with van der Waals surface area (Å²) in [5.41, 5.74) is 0.915. The Morgan fingerprint density at radius 3 is 2.32 bits per heavy atom. The van der Waals surface area contributed by atoms with E-state index in [1.807, 2.05) is 23.1 Å². The monoisotopic (exact) mass is 569 g/mol. The maximum atomic E-state index is 13.1. The van der Waals surface area contributed by atoms with Crippen molar-refractivity contribution in [2.75, 3.05) is 36.0 Å². The third kappa shape index (κ3) is 5.57. The maximum absolute atomic E-state index is 13.1. The number of aromatic amines is 1. The van der Waals surface area contributed by atoms with Gasteiger partial charge < -0.3 is 14.0 Å². The predicted octanol–water partition coefficient (Wildman–Crippen LogP) is 3.23. The van der Waals surface area contributed by atoms with Gasteiger partial charge in [-0.3, -0.25) is 19.3 Å². The van der Waals surface area contributed by atoms with Crippen molar-refractivity contribution in [1.82, 2.24) is 14.5 Å². The average Bonchev–Trinajstić information content (AvgIpc) is 2.99. The topological polar surface area (TPSA) is 118 Å². The van der Waals surface area contributed by atoms with Crippen LogP contribution in [0.4, 0.5) is 11.5 Å². The summed E-state index contributed by atoms with van der Waals surface area (Å²) in [6.07, 6.45) is 3.13. The molecule has 10 nitrogen and oxygen atoms in total. The lowest BCUT2D eigenvalue weighted by atomic mass is 10.2. The van der Waals surface area contributed by atoms with Crippen molar-refractivity contribution in [3.05, 3.63) is 124 Å². The quantitative estimate of drug-likeness (QED) is 0.297. The third-order valence-electron chi connectivity index (χ3n) is 7.12. The lowest BCUT2D eigenvalue weighted by molar-refractivity contribution is 0.487. The summed E-state index contributed by atoms with van der Waals surface area (Å²) in [5.74, 6) is 0.686. The fraction of sp³-hybridized carbons (Fsp3) is 0.167. The van der Waals surface area contributed by atoms with Gasteiger partial charge in [0.05, 0.1) is 6.54 Å². The summed E-state index contributed by atoms with van der Waals surface area (Å²) in [5, 5.41) is 1.21. The van der Waals surface area contributed by atoms with E-state index in [9.17, 15) is 18.0 Å². The van der Waals surface area contributed by atoms with Crippen molar-refractivity contribution in [3.8, 4) is 5.75 Å². The Morgan fingerprint density at radius 2 is 1.56 bits per heavy atom. The number of aromatic nitrogens is 3. The van der Waals surface area contributed by atoms with E-state index in [0.717, 1.165) is 24.3 Å². The van der Waals surface area contributed by atoms with Gasteiger partial charge >= 0.3 is 15.8 Å². The summed E-state index contributed by atoms with van der Waals surface area (Å²) < 4.78 is 33.1. The number of pyridine rings is 1. The third-order valence-corrected chi connectivity index (χ3v) is 8.42. The summed E-state index contributed by atoms with van der Waals surface area (Å²) in [4.78, 5) is 35.9. The Labute approximate surface area is 236 Å². The Morgan fingerprint density at radius 1 is 0.829 bits per heavy atom. The number of hydrogen-bond donors (Lipinski definition) is 1. The highest BCUT2D eigenvalue weighted by Crippen LogP contribution is 2.26. The molecule has 0 amide bonds. The largest absolute Gasteiger partial charge is 0.379 e. The molecule has 2 aromatic heterocycles. The number of rotatable bonds is 7. The first-order valence-electron chi connectivity index (χ1n) is 13.1. The molecular formula is C30H27N5O5S.